The summed E-state index contributed by atoms with van der Waals surface area (Å²) in [7, 11) is -0.961. The molecule has 0 aliphatic carbocycles. The van der Waals surface area contributed by atoms with Crippen molar-refractivity contribution in [2.24, 2.45) is 23.5 Å². The van der Waals surface area contributed by atoms with Gasteiger partial charge in [-0.15, -0.1) is 0 Å². The highest BCUT2D eigenvalue weighted by Crippen LogP contribution is 2.32. The molecule has 16 atom stereocenters. The van der Waals surface area contributed by atoms with Crippen molar-refractivity contribution in [2.45, 2.75) is 163 Å². The van der Waals surface area contributed by atoms with Gasteiger partial charge >= 0.3 is 12.1 Å². The van der Waals surface area contributed by atoms with E-state index >= 15 is 4.21 Å². The molecular weight excluding hydrogens is 1410 g/mol. The zero-order valence-corrected chi connectivity index (χ0v) is 58.9. The van der Waals surface area contributed by atoms with Gasteiger partial charge in [0.25, 0.3) is 5.91 Å². The number of amides is 11. The number of aliphatic hydroxyl groups is 6. The van der Waals surface area contributed by atoms with E-state index in [0.717, 1.165) is 4.90 Å². The minimum atomic E-state index is -2.47. The van der Waals surface area contributed by atoms with E-state index in [1.807, 2.05) is 0 Å². The Morgan fingerprint density at radius 2 is 1.51 bits per heavy atom. The van der Waals surface area contributed by atoms with Gasteiger partial charge in [-0.1, -0.05) is 46.1 Å². The second-order valence-corrected chi connectivity index (χ2v) is 27.2. The van der Waals surface area contributed by atoms with Crippen LogP contribution >= 0.6 is 0 Å². The van der Waals surface area contributed by atoms with E-state index < -0.39 is 224 Å². The van der Waals surface area contributed by atoms with Gasteiger partial charge < -0.3 is 127 Å². The van der Waals surface area contributed by atoms with Crippen LogP contribution in [-0.4, -0.2) is 284 Å². The van der Waals surface area contributed by atoms with Crippen LogP contribution in [0.3, 0.4) is 0 Å². The summed E-state index contributed by atoms with van der Waals surface area (Å²) in [5.74, 6) is -9.66. The molecule has 40 heteroatoms. The number of unbranched alkanes of at least 4 members (excludes halogenated alkanes) is 3. The molecule has 5 heterocycles. The molecule has 2 aromatic carbocycles. The molecule has 2 saturated heterocycles. The molecule has 1 unspecified atom stereocenters. The van der Waals surface area contributed by atoms with Crippen molar-refractivity contribution in [3.63, 3.8) is 0 Å². The molecule has 580 valence electrons. The van der Waals surface area contributed by atoms with Crippen LogP contribution in [0.25, 0.3) is 10.9 Å². The molecule has 7 rings (SSSR count). The van der Waals surface area contributed by atoms with Crippen LogP contribution in [0, 0.1) is 11.8 Å². The van der Waals surface area contributed by atoms with Gasteiger partial charge in [-0.2, -0.15) is 0 Å². The summed E-state index contributed by atoms with van der Waals surface area (Å²) in [4.78, 5) is 175. The van der Waals surface area contributed by atoms with Crippen molar-refractivity contribution in [2.75, 3.05) is 78.6 Å². The molecule has 0 saturated carbocycles. The third-order valence-electron chi connectivity index (χ3n) is 18.1. The lowest BCUT2D eigenvalue weighted by Gasteiger charge is -2.38. The molecule has 105 heavy (non-hydrogen) atoms. The number of rotatable bonds is 27. The first-order valence-electron chi connectivity index (χ1n) is 34.0. The number of carbonyl (C=O) groups is 12. The predicted octanol–water partition coefficient (Wildman–Crippen LogP) is -6.51. The molecule has 0 spiro atoms. The number of aromatic amines is 1. The lowest BCUT2D eigenvalue weighted by Crippen LogP contribution is -2.62. The van der Waals surface area contributed by atoms with Crippen LogP contribution in [0.4, 0.5) is 4.79 Å². The van der Waals surface area contributed by atoms with E-state index in [2.05, 4.69) is 52.4 Å². The maximum absolute atomic E-state index is 15.2. The minimum absolute atomic E-state index is 0.0140. The molecule has 39 nitrogen and oxygen atoms in total. The first-order valence-corrected chi connectivity index (χ1v) is 35.3. The topological polar surface area (TPSA) is 589 Å². The Morgan fingerprint density at radius 1 is 0.800 bits per heavy atom. The van der Waals surface area contributed by atoms with Crippen LogP contribution in [0.2, 0.25) is 0 Å². The fourth-order valence-electron chi connectivity index (χ4n) is 11.9. The molecule has 20 N–H and O–H groups in total. The Morgan fingerprint density at radius 3 is 2.21 bits per heavy atom. The molecule has 2 fully saturated rings. The van der Waals surface area contributed by atoms with Crippen molar-refractivity contribution in [1.82, 2.24) is 57.3 Å². The summed E-state index contributed by atoms with van der Waals surface area (Å²) < 4.78 is 43.1. The molecule has 4 aliphatic rings. The van der Waals surface area contributed by atoms with E-state index in [-0.39, 0.29) is 84.7 Å². The molecule has 1 aromatic heterocycles. The highest BCUT2D eigenvalue weighted by Gasteiger charge is 2.49. The number of benzene rings is 2. The average molecular weight is 1500 g/mol. The lowest BCUT2D eigenvalue weighted by molar-refractivity contribution is -0.271. The van der Waals surface area contributed by atoms with Crippen molar-refractivity contribution < 1.29 is 126 Å². The highest BCUT2D eigenvalue weighted by molar-refractivity contribution is 7.85. The number of carboxylic acids is 1. The Labute approximate surface area is 603 Å². The minimum Gasteiger partial charge on any atom is -0.494 e. The number of primary amides is 1. The normalized spacial score (nSPS) is 26.2. The number of ether oxygens (including phenoxy) is 5. The van der Waals surface area contributed by atoms with Gasteiger partial charge in [0.1, 0.15) is 77.7 Å². The average Bonchev–Trinajstić information content (AvgIpc) is 1.65. The monoisotopic (exact) mass is 1500 g/mol. The fraction of sp³-hybridized carbons (Fsp3) is 0.600. The quantitative estimate of drug-likeness (QED) is 0.0249. The summed E-state index contributed by atoms with van der Waals surface area (Å²) in [6.45, 7) is 1.81. The number of aromatic nitrogens is 1. The van der Waals surface area contributed by atoms with Crippen LogP contribution in [-0.2, 0) is 90.8 Å². The summed E-state index contributed by atoms with van der Waals surface area (Å²) in [5, 5.41) is 92.5. The predicted molar refractivity (Wildman–Crippen MR) is 362 cm³/mol. The summed E-state index contributed by atoms with van der Waals surface area (Å²) in [5.41, 5.74) is 5.99. The number of aliphatic hydroxyl groups excluding tert-OH is 6. The van der Waals surface area contributed by atoms with Crippen molar-refractivity contribution in [3.8, 4) is 11.5 Å². The van der Waals surface area contributed by atoms with Crippen molar-refractivity contribution in [1.29, 1.82) is 0 Å². The SMILES string of the molecule is CC[C@H](C)[C@@H]1NC(=O)CNC(=O)[C@@H]2Cc3c([nH]c4cc(OCCCCCCN(C)C(=O)OCc5ccc(O[C@@H]6O[C@H](C(=O)O)[C@@H](O)[C@H](O)[C@H]6O)c(C(=O)NCCOCCON)c5)ccc34)S(=O)C[C@H](NC(=O)CNC1=O)C(=O)N[C@@H](CC(N)=O)C(=O)N1C[C@H](O)C[C@H]1C(=O)N[C@@H]([C@@H](C)[C@@H](O)CO)C(=O)N2. The van der Waals surface area contributed by atoms with Crippen LogP contribution in [0.15, 0.2) is 41.4 Å². The zero-order valence-electron chi connectivity index (χ0n) is 58.1. The number of carboxylic acid groups (broad SMARTS) is 1. The number of nitrogens with one attached hydrogen (secondary N) is 9. The third-order valence-corrected chi connectivity index (χ3v) is 19.5. The molecule has 3 aromatic rings. The van der Waals surface area contributed by atoms with Crippen LogP contribution < -0.4 is 63.6 Å². The number of fused-ring (bicyclic) bond motifs is 5. The maximum Gasteiger partial charge on any atom is 0.409 e. The van der Waals surface area contributed by atoms with E-state index in [1.54, 1.807) is 26.0 Å². The van der Waals surface area contributed by atoms with Gasteiger partial charge in [0.15, 0.2) is 6.10 Å². The van der Waals surface area contributed by atoms with E-state index in [9.17, 15) is 93.3 Å². The Bertz CT molecular complexity index is 3640. The van der Waals surface area contributed by atoms with Gasteiger partial charge in [0, 0.05) is 56.9 Å². The van der Waals surface area contributed by atoms with Crippen LogP contribution in [0.1, 0.15) is 87.2 Å². The Balaban J connectivity index is 1.09. The summed E-state index contributed by atoms with van der Waals surface area (Å²) in [6.07, 6.45) is -13.0. The number of carbonyl (C=O) groups excluding carboxylic acids is 11. The Kier molecular flexibility index (Phi) is 31.0. The number of hydrogen-bond acceptors (Lipinski definition) is 26. The van der Waals surface area contributed by atoms with Crippen molar-refractivity contribution in [3.05, 3.63) is 53.1 Å². The van der Waals surface area contributed by atoms with Crippen LogP contribution in [0.5, 0.6) is 11.5 Å². The molecular formula is C65H93N13O26S. The number of aliphatic carboxylic acids is 1. The third kappa shape index (κ3) is 22.6. The molecule has 0 radical (unpaired) electrons. The van der Waals surface area contributed by atoms with Gasteiger partial charge in [-0.3, -0.25) is 52.2 Å². The first kappa shape index (κ1) is 83.0. The van der Waals surface area contributed by atoms with E-state index in [4.69, 9.17) is 35.3 Å². The summed E-state index contributed by atoms with van der Waals surface area (Å²) in [6, 6.07) is -1.70. The number of nitrogens with zero attached hydrogens (tertiary/aromatic N) is 2. The van der Waals surface area contributed by atoms with Gasteiger partial charge in [-0.25, -0.2) is 15.5 Å². The van der Waals surface area contributed by atoms with E-state index in [1.165, 1.54) is 43.1 Å². The standard InChI is InChI=1S/C65H93N13O26S/c1-5-31(2)49-59(92)70-25-47(83)71-42-30-105(98)61-37(23-40(56(89)69-26-48(84)75-49)72-60(93)50(32(3)44(81)28-79)76-58(91)43-21-34(80)27-78(43)62(94)41(24-46(66)82)73-57(42)90)36-12-11-35(22-39(36)74-61)100-16-9-7-6-8-15-77(4)65(97)101-29-33-10-13-45(38(20-33)55(88)68-14-17-99-18-19-102-67)103-64-53(87)51(85)52(86)54(104-64)63(95)96/h10-13,20,22,31-32,34,40-44,49-54,64,74,79-81,85-87H,5-9,14-19,21,23-30,67H2,1-4H3,(H2,66,82)(H,68,88)(H,69,89)(H,70,92)(H,71,83)(H,72,93)(H,73,90)(H,75,84)(H,76,91)(H,95,96)/t31-,32-,34+,40-,41-,42-,43-,44-,49-,50-,51-,52-,53+,54-,64+,105?/m0/s1. The number of H-pyrrole nitrogens is 1. The first-order chi connectivity index (χ1) is 49.9. The molecule has 2 bridgehead atoms. The number of nitrogens with two attached hydrogens (primary N) is 2. The van der Waals surface area contributed by atoms with Crippen molar-refractivity contribution >= 4 is 92.8 Å². The van der Waals surface area contributed by atoms with Gasteiger partial charge in [-0.05, 0) is 54.2 Å². The maximum atomic E-state index is 15.2. The fourth-order valence-corrected chi connectivity index (χ4v) is 13.3. The molecule has 11 amide bonds. The Hall–Kier alpha value is -9.23. The zero-order chi connectivity index (χ0) is 76.9. The van der Waals surface area contributed by atoms with Gasteiger partial charge in [0.2, 0.25) is 59.5 Å². The summed E-state index contributed by atoms with van der Waals surface area (Å²) >= 11 is 0. The largest absolute Gasteiger partial charge is 0.494 e. The smallest absolute Gasteiger partial charge is 0.409 e. The second-order valence-electron chi connectivity index (χ2n) is 25.8. The highest BCUT2D eigenvalue weighted by atomic mass is 32.2. The molecule has 4 aliphatic heterocycles. The second kappa shape index (κ2) is 39.2. The number of hydrogen-bond donors (Lipinski definition) is 18. The van der Waals surface area contributed by atoms with Gasteiger partial charge in [0.05, 0.1) is 92.4 Å². The van der Waals surface area contributed by atoms with E-state index in [0.29, 0.717) is 37.7 Å². The lowest BCUT2D eigenvalue weighted by atomic mass is 9.93.